The molecule has 0 saturated carbocycles. The third-order valence-electron chi connectivity index (χ3n) is 5.57. The summed E-state index contributed by atoms with van der Waals surface area (Å²) in [6, 6.07) is 18.7. The predicted molar refractivity (Wildman–Crippen MR) is 126 cm³/mol. The zero-order valence-electron chi connectivity index (χ0n) is 19.0. The molecule has 0 aliphatic heterocycles. The molecule has 4 aromatic rings. The number of ether oxygens (including phenoxy) is 3. The van der Waals surface area contributed by atoms with Crippen molar-refractivity contribution in [2.75, 3.05) is 21.3 Å². The fraction of sp³-hybridized carbons (Fsp3) is 0.185. The lowest BCUT2D eigenvalue weighted by atomic mass is 10.00. The van der Waals surface area contributed by atoms with Gasteiger partial charge in [-0.3, -0.25) is 9.78 Å². The number of aromatic nitrogens is 1. The van der Waals surface area contributed by atoms with Gasteiger partial charge in [0.1, 0.15) is 23.4 Å². The molecule has 0 spiro atoms. The molecule has 0 amide bonds. The first-order valence-corrected chi connectivity index (χ1v) is 10.5. The number of carbonyl (C=O) groups excluding carboxylic acids is 1. The Morgan fingerprint density at radius 3 is 2.15 bits per heavy atom. The van der Waals surface area contributed by atoms with E-state index in [2.05, 4.69) is 4.98 Å². The zero-order valence-corrected chi connectivity index (χ0v) is 19.0. The summed E-state index contributed by atoms with van der Waals surface area (Å²) in [4.78, 5) is 17.3. The highest BCUT2D eigenvalue weighted by molar-refractivity contribution is 5.98. The average molecular weight is 443 g/mol. The van der Waals surface area contributed by atoms with Gasteiger partial charge in [0.25, 0.3) is 0 Å². The van der Waals surface area contributed by atoms with Crippen LogP contribution in [0.2, 0.25) is 0 Å². The molecule has 33 heavy (non-hydrogen) atoms. The third kappa shape index (κ3) is 4.52. The number of hydrogen-bond donors (Lipinski definition) is 0. The van der Waals surface area contributed by atoms with Crippen molar-refractivity contribution in [2.24, 2.45) is 0 Å². The van der Waals surface area contributed by atoms with Crippen molar-refractivity contribution in [1.82, 2.24) is 4.98 Å². The number of Topliss-reactive ketones (excluding diaryl/α,β-unsaturated/α-hetero) is 1. The maximum atomic E-state index is 13.2. The highest BCUT2D eigenvalue weighted by Gasteiger charge is 2.25. The van der Waals surface area contributed by atoms with E-state index in [1.807, 2.05) is 55.5 Å². The predicted octanol–water partition coefficient (Wildman–Crippen LogP) is 5.90. The van der Waals surface area contributed by atoms with Gasteiger partial charge in [-0.1, -0.05) is 30.3 Å². The lowest BCUT2D eigenvalue weighted by molar-refractivity contribution is 0.0577. The van der Waals surface area contributed by atoms with E-state index in [9.17, 15) is 4.79 Å². The summed E-state index contributed by atoms with van der Waals surface area (Å²) in [5, 5.41) is 0. The lowest BCUT2D eigenvalue weighted by Crippen LogP contribution is -2.14. The van der Waals surface area contributed by atoms with Crippen molar-refractivity contribution in [1.29, 1.82) is 0 Å². The summed E-state index contributed by atoms with van der Waals surface area (Å²) in [5.74, 6) is 1.85. The molecule has 0 aliphatic carbocycles. The average Bonchev–Trinajstić information content (AvgIpc) is 3.36. The Morgan fingerprint density at radius 1 is 0.879 bits per heavy atom. The Balaban J connectivity index is 1.59. The molecular formula is C27H25NO5. The minimum Gasteiger partial charge on any atom is -0.496 e. The summed E-state index contributed by atoms with van der Waals surface area (Å²) < 4.78 is 22.4. The van der Waals surface area contributed by atoms with E-state index in [1.54, 1.807) is 38.7 Å². The number of rotatable bonds is 8. The van der Waals surface area contributed by atoms with Gasteiger partial charge in [0.05, 0.1) is 14.2 Å². The summed E-state index contributed by atoms with van der Waals surface area (Å²) in [5.41, 5.74) is 4.40. The standard InChI is InChI=1S/C27H25NO5/c1-17-24(30-2)14-21(15-25(17)31-3)22-11-12-23(33-22)26(29)27(32-4)19-9-7-18(8-10-19)20-6-5-13-28-16-20/h5-16,27H,1-4H3. The van der Waals surface area contributed by atoms with Crippen LogP contribution >= 0.6 is 0 Å². The molecule has 2 aromatic heterocycles. The van der Waals surface area contributed by atoms with Gasteiger partial charge in [-0.15, -0.1) is 0 Å². The van der Waals surface area contributed by atoms with Crippen LogP contribution in [0.25, 0.3) is 22.5 Å². The Bertz CT molecular complexity index is 1220. The van der Waals surface area contributed by atoms with Gasteiger partial charge in [-0.25, -0.2) is 0 Å². The van der Waals surface area contributed by atoms with Crippen LogP contribution in [-0.4, -0.2) is 32.1 Å². The van der Waals surface area contributed by atoms with Crippen LogP contribution < -0.4 is 9.47 Å². The normalized spacial score (nSPS) is 11.8. The Morgan fingerprint density at radius 2 is 1.58 bits per heavy atom. The first-order chi connectivity index (χ1) is 16.0. The van der Waals surface area contributed by atoms with E-state index >= 15 is 0 Å². The van der Waals surface area contributed by atoms with Crippen molar-refractivity contribution < 1.29 is 23.4 Å². The highest BCUT2D eigenvalue weighted by Crippen LogP contribution is 2.36. The van der Waals surface area contributed by atoms with Crippen molar-refractivity contribution >= 4 is 5.78 Å². The topological polar surface area (TPSA) is 70.8 Å². The number of carbonyl (C=O) groups is 1. The SMILES string of the molecule is COc1cc(-c2ccc(C(=O)C(OC)c3ccc(-c4cccnc4)cc3)o2)cc(OC)c1C. The van der Waals surface area contributed by atoms with Crippen LogP contribution in [0.5, 0.6) is 11.5 Å². The van der Waals surface area contributed by atoms with Gasteiger partial charge in [0.2, 0.25) is 5.78 Å². The van der Waals surface area contributed by atoms with Crippen LogP contribution in [-0.2, 0) is 4.74 Å². The summed E-state index contributed by atoms with van der Waals surface area (Å²) in [6.45, 7) is 1.92. The molecule has 6 heteroatoms. The Kier molecular flexibility index (Phi) is 6.56. The smallest absolute Gasteiger partial charge is 0.231 e. The molecule has 6 nitrogen and oxygen atoms in total. The van der Waals surface area contributed by atoms with Crippen molar-refractivity contribution in [3.05, 3.63) is 89.9 Å². The van der Waals surface area contributed by atoms with Gasteiger partial charge in [-0.2, -0.15) is 0 Å². The van der Waals surface area contributed by atoms with Crippen molar-refractivity contribution in [2.45, 2.75) is 13.0 Å². The van der Waals surface area contributed by atoms with Crippen LogP contribution in [0.3, 0.4) is 0 Å². The fourth-order valence-electron chi connectivity index (χ4n) is 3.76. The van der Waals surface area contributed by atoms with Gasteiger partial charge in [0.15, 0.2) is 5.76 Å². The number of hydrogen-bond acceptors (Lipinski definition) is 6. The zero-order chi connectivity index (χ0) is 23.4. The van der Waals surface area contributed by atoms with E-state index in [-0.39, 0.29) is 11.5 Å². The monoisotopic (exact) mass is 443 g/mol. The molecule has 4 rings (SSSR count). The van der Waals surface area contributed by atoms with Crippen LogP contribution in [0.1, 0.15) is 27.8 Å². The van der Waals surface area contributed by atoms with Gasteiger partial charge in [-0.05, 0) is 53.9 Å². The largest absolute Gasteiger partial charge is 0.496 e. The second-order valence-electron chi connectivity index (χ2n) is 7.51. The number of ketones is 1. The second-order valence-corrected chi connectivity index (χ2v) is 7.51. The molecule has 1 atom stereocenters. The number of nitrogens with zero attached hydrogens (tertiary/aromatic N) is 1. The minimum absolute atomic E-state index is 0.215. The second kappa shape index (κ2) is 9.71. The number of furan rings is 1. The molecule has 0 fully saturated rings. The molecule has 0 bridgehead atoms. The van der Waals surface area contributed by atoms with Gasteiger partial charge < -0.3 is 18.6 Å². The van der Waals surface area contributed by atoms with Crippen molar-refractivity contribution in [3.63, 3.8) is 0 Å². The molecule has 0 radical (unpaired) electrons. The molecular weight excluding hydrogens is 418 g/mol. The van der Waals surface area contributed by atoms with E-state index in [0.717, 1.165) is 27.8 Å². The van der Waals surface area contributed by atoms with E-state index in [4.69, 9.17) is 18.6 Å². The number of pyridine rings is 1. The van der Waals surface area contributed by atoms with Crippen molar-refractivity contribution in [3.8, 4) is 33.9 Å². The third-order valence-corrected chi connectivity index (χ3v) is 5.57. The molecule has 168 valence electrons. The number of benzene rings is 2. The molecule has 2 heterocycles. The maximum Gasteiger partial charge on any atom is 0.231 e. The minimum atomic E-state index is -0.783. The summed E-state index contributed by atoms with van der Waals surface area (Å²) in [7, 11) is 4.72. The summed E-state index contributed by atoms with van der Waals surface area (Å²) in [6.07, 6.45) is 2.75. The lowest BCUT2D eigenvalue weighted by Gasteiger charge is -2.14. The molecule has 1 unspecified atom stereocenters. The number of methoxy groups -OCH3 is 3. The van der Waals surface area contributed by atoms with E-state index < -0.39 is 6.10 Å². The first-order valence-electron chi connectivity index (χ1n) is 10.5. The fourth-order valence-corrected chi connectivity index (χ4v) is 3.76. The molecule has 0 aliphatic rings. The maximum absolute atomic E-state index is 13.2. The van der Waals surface area contributed by atoms with Gasteiger partial charge >= 0.3 is 0 Å². The van der Waals surface area contributed by atoms with Crippen LogP contribution in [0, 0.1) is 6.92 Å². The molecule has 0 N–H and O–H groups in total. The first kappa shape index (κ1) is 22.3. The summed E-state index contributed by atoms with van der Waals surface area (Å²) >= 11 is 0. The Labute approximate surface area is 192 Å². The van der Waals surface area contributed by atoms with E-state index in [0.29, 0.717) is 17.3 Å². The van der Waals surface area contributed by atoms with E-state index in [1.165, 1.54) is 7.11 Å². The van der Waals surface area contributed by atoms with Crippen LogP contribution in [0.15, 0.2) is 77.5 Å². The quantitative estimate of drug-likeness (QED) is 0.316. The Hall–Kier alpha value is -3.90. The molecule has 2 aromatic carbocycles. The van der Waals surface area contributed by atoms with Gasteiger partial charge in [0, 0.05) is 30.6 Å². The molecule has 0 saturated heterocycles. The van der Waals surface area contributed by atoms with Crippen LogP contribution in [0.4, 0.5) is 0 Å². The highest BCUT2D eigenvalue weighted by atomic mass is 16.5.